The topological polar surface area (TPSA) is 59.0 Å². The molecular weight excluding hydrogens is 314 g/mol. The van der Waals surface area contributed by atoms with E-state index < -0.39 is 0 Å². The maximum atomic E-state index is 10.9. The Morgan fingerprint density at radius 1 is 1.28 bits per heavy atom. The predicted molar refractivity (Wildman–Crippen MR) is 102 cm³/mol. The Hall–Kier alpha value is -1.72. The highest BCUT2D eigenvalue weighted by Gasteiger charge is 2.25. The minimum atomic E-state index is -0.252. The van der Waals surface area contributed by atoms with Crippen LogP contribution in [0.4, 0.5) is 5.69 Å². The smallest absolute Gasteiger partial charge is 0.123 e. The molecule has 0 amide bonds. The number of hydrogen-bond acceptors (Lipinski definition) is 5. The number of rotatable bonds is 3. The summed E-state index contributed by atoms with van der Waals surface area (Å²) in [7, 11) is 0. The lowest BCUT2D eigenvalue weighted by Gasteiger charge is -2.33. The third kappa shape index (κ3) is 4.28. The van der Waals surface area contributed by atoms with Gasteiger partial charge in [0.1, 0.15) is 5.75 Å². The fraction of sp³-hybridized carbons (Fsp3) is 0.600. The van der Waals surface area contributed by atoms with E-state index in [1.807, 2.05) is 6.20 Å². The molecule has 2 aliphatic heterocycles. The van der Waals surface area contributed by atoms with Crippen molar-refractivity contribution in [3.8, 4) is 5.75 Å². The van der Waals surface area contributed by atoms with E-state index in [4.69, 9.17) is 0 Å². The highest BCUT2D eigenvalue weighted by molar-refractivity contribution is 5.59. The fourth-order valence-corrected chi connectivity index (χ4v) is 3.66. The van der Waals surface area contributed by atoms with Crippen molar-refractivity contribution in [2.45, 2.75) is 51.7 Å². The number of piperidine rings is 1. The van der Waals surface area contributed by atoms with Gasteiger partial charge in [-0.15, -0.1) is 0 Å². The maximum absolute atomic E-state index is 10.9. The molecule has 5 nitrogen and oxygen atoms in total. The molecule has 2 heterocycles. The Labute approximate surface area is 150 Å². The van der Waals surface area contributed by atoms with Crippen molar-refractivity contribution in [2.75, 3.05) is 31.2 Å². The molecular formula is C20H31N3O2. The minimum absolute atomic E-state index is 0.130. The summed E-state index contributed by atoms with van der Waals surface area (Å²) >= 11 is 0. The van der Waals surface area contributed by atoms with Gasteiger partial charge in [-0.3, -0.25) is 4.90 Å². The second-order valence-electron chi connectivity index (χ2n) is 8.27. The zero-order chi connectivity index (χ0) is 18.0. The molecule has 0 saturated carbocycles. The molecule has 0 spiro atoms. The van der Waals surface area contributed by atoms with Crippen LogP contribution in [0.1, 0.15) is 44.7 Å². The SMILES string of the molecule is CC(C)(C)c1cc(N2CC=CNC2)cc(CN2CCC[C@@H](O)C2)c1O. The van der Waals surface area contributed by atoms with E-state index in [0.717, 1.165) is 49.4 Å². The highest BCUT2D eigenvalue weighted by Crippen LogP contribution is 2.38. The average Bonchev–Trinajstić information content (AvgIpc) is 2.56. The first kappa shape index (κ1) is 18.1. The molecule has 0 unspecified atom stereocenters. The van der Waals surface area contributed by atoms with E-state index in [9.17, 15) is 10.2 Å². The van der Waals surface area contributed by atoms with Crippen LogP contribution in [-0.4, -0.2) is 47.5 Å². The zero-order valence-electron chi connectivity index (χ0n) is 15.6. The maximum Gasteiger partial charge on any atom is 0.123 e. The summed E-state index contributed by atoms with van der Waals surface area (Å²) in [5.41, 5.74) is 2.93. The molecule has 0 bridgehead atoms. The Balaban J connectivity index is 1.93. The zero-order valence-corrected chi connectivity index (χ0v) is 15.6. The van der Waals surface area contributed by atoms with Gasteiger partial charge < -0.3 is 20.4 Å². The standard InChI is InChI=1S/C20H31N3O2/c1-20(2,3)18-11-16(23-9-5-7-21-14-23)10-15(19(18)25)12-22-8-4-6-17(24)13-22/h5,7,10-11,17,21,24-25H,4,6,8-9,12-14H2,1-3H3/t17-/m1/s1. The molecule has 0 aliphatic carbocycles. The molecule has 3 rings (SSSR count). The summed E-state index contributed by atoms with van der Waals surface area (Å²) < 4.78 is 0. The van der Waals surface area contributed by atoms with Gasteiger partial charge in [0.05, 0.1) is 12.8 Å². The van der Waals surface area contributed by atoms with Crippen molar-refractivity contribution < 1.29 is 10.2 Å². The Morgan fingerprint density at radius 3 is 2.72 bits per heavy atom. The van der Waals surface area contributed by atoms with Gasteiger partial charge in [-0.25, -0.2) is 0 Å². The first-order chi connectivity index (χ1) is 11.8. The number of anilines is 1. The van der Waals surface area contributed by atoms with E-state index in [-0.39, 0.29) is 11.5 Å². The van der Waals surface area contributed by atoms with Crippen LogP contribution < -0.4 is 10.2 Å². The lowest BCUT2D eigenvalue weighted by atomic mass is 9.84. The van der Waals surface area contributed by atoms with Gasteiger partial charge in [0.15, 0.2) is 0 Å². The molecule has 138 valence electrons. The number of aromatic hydroxyl groups is 1. The van der Waals surface area contributed by atoms with E-state index in [1.165, 1.54) is 0 Å². The molecule has 25 heavy (non-hydrogen) atoms. The van der Waals surface area contributed by atoms with Crippen molar-refractivity contribution >= 4 is 5.69 Å². The molecule has 1 aromatic carbocycles. The molecule has 1 saturated heterocycles. The van der Waals surface area contributed by atoms with Crippen molar-refractivity contribution in [2.24, 2.45) is 0 Å². The third-order valence-corrected chi connectivity index (χ3v) is 5.07. The third-order valence-electron chi connectivity index (χ3n) is 5.07. The van der Waals surface area contributed by atoms with Crippen LogP contribution in [0, 0.1) is 0 Å². The average molecular weight is 345 g/mol. The van der Waals surface area contributed by atoms with Crippen molar-refractivity contribution in [1.29, 1.82) is 0 Å². The largest absolute Gasteiger partial charge is 0.507 e. The van der Waals surface area contributed by atoms with E-state index >= 15 is 0 Å². The number of benzene rings is 1. The van der Waals surface area contributed by atoms with Gasteiger partial charge in [-0.05, 0) is 49.2 Å². The van der Waals surface area contributed by atoms with Gasteiger partial charge in [0.2, 0.25) is 0 Å². The van der Waals surface area contributed by atoms with Gasteiger partial charge in [0, 0.05) is 36.4 Å². The molecule has 1 fully saturated rings. The Kier molecular flexibility index (Phi) is 5.25. The number of aliphatic hydroxyl groups is 1. The number of nitrogens with one attached hydrogen (secondary N) is 1. The molecule has 5 heteroatoms. The number of β-amino-alcohol motifs (C(OH)–C–C–N with tert-alkyl or cyclic N) is 1. The fourth-order valence-electron chi connectivity index (χ4n) is 3.66. The molecule has 0 aromatic heterocycles. The lowest BCUT2D eigenvalue weighted by Crippen LogP contribution is -2.38. The summed E-state index contributed by atoms with van der Waals surface area (Å²) in [4.78, 5) is 4.51. The molecule has 1 aromatic rings. The van der Waals surface area contributed by atoms with Gasteiger partial charge >= 0.3 is 0 Å². The summed E-state index contributed by atoms with van der Waals surface area (Å²) in [6, 6.07) is 4.22. The van der Waals surface area contributed by atoms with Crippen LogP contribution in [0.5, 0.6) is 5.75 Å². The second-order valence-corrected chi connectivity index (χ2v) is 8.27. The molecule has 2 aliphatic rings. The van der Waals surface area contributed by atoms with Crippen LogP contribution in [0.15, 0.2) is 24.4 Å². The number of phenolic OH excluding ortho intramolecular Hbond substituents is 1. The highest BCUT2D eigenvalue weighted by atomic mass is 16.3. The van der Waals surface area contributed by atoms with E-state index in [1.54, 1.807) is 0 Å². The van der Waals surface area contributed by atoms with Crippen LogP contribution in [0.25, 0.3) is 0 Å². The van der Waals surface area contributed by atoms with Crippen LogP contribution >= 0.6 is 0 Å². The second kappa shape index (κ2) is 7.26. The number of likely N-dealkylation sites (tertiary alicyclic amines) is 1. The normalized spacial score (nSPS) is 22.1. The summed E-state index contributed by atoms with van der Waals surface area (Å²) in [5.74, 6) is 0.400. The van der Waals surface area contributed by atoms with Gasteiger partial charge in [-0.1, -0.05) is 20.8 Å². The van der Waals surface area contributed by atoms with E-state index in [0.29, 0.717) is 18.8 Å². The van der Waals surface area contributed by atoms with Crippen LogP contribution in [0.2, 0.25) is 0 Å². The number of nitrogens with zero attached hydrogens (tertiary/aromatic N) is 2. The monoisotopic (exact) mass is 345 g/mol. The van der Waals surface area contributed by atoms with Gasteiger partial charge in [0.25, 0.3) is 0 Å². The van der Waals surface area contributed by atoms with Crippen LogP contribution in [0.3, 0.4) is 0 Å². The van der Waals surface area contributed by atoms with E-state index in [2.05, 4.69) is 54.1 Å². The van der Waals surface area contributed by atoms with Crippen molar-refractivity contribution in [3.05, 3.63) is 35.5 Å². The number of aliphatic hydroxyl groups excluding tert-OH is 1. The summed E-state index contributed by atoms with van der Waals surface area (Å²) in [6.45, 7) is 10.4. The molecule has 1 atom stereocenters. The van der Waals surface area contributed by atoms with Gasteiger partial charge in [-0.2, -0.15) is 0 Å². The lowest BCUT2D eigenvalue weighted by molar-refractivity contribution is 0.0664. The first-order valence-corrected chi connectivity index (χ1v) is 9.25. The Morgan fingerprint density at radius 2 is 2.08 bits per heavy atom. The molecule has 3 N–H and O–H groups in total. The van der Waals surface area contributed by atoms with Crippen LogP contribution in [-0.2, 0) is 12.0 Å². The minimum Gasteiger partial charge on any atom is -0.507 e. The summed E-state index contributed by atoms with van der Waals surface area (Å²) in [5, 5.41) is 24.1. The molecule has 0 radical (unpaired) electrons. The quantitative estimate of drug-likeness (QED) is 0.786. The summed E-state index contributed by atoms with van der Waals surface area (Å²) in [6.07, 6.45) is 5.72. The van der Waals surface area contributed by atoms with Crippen molar-refractivity contribution in [3.63, 3.8) is 0 Å². The number of phenols is 1. The Bertz CT molecular complexity index is 637. The predicted octanol–water partition coefficient (Wildman–Crippen LogP) is 2.53. The number of hydrogen-bond donors (Lipinski definition) is 3. The van der Waals surface area contributed by atoms with Crippen molar-refractivity contribution in [1.82, 2.24) is 10.2 Å². The first-order valence-electron chi connectivity index (χ1n) is 9.25.